The molecule has 2 heterocycles. The Balaban J connectivity index is 1.27. The van der Waals surface area contributed by atoms with Crippen molar-refractivity contribution in [1.29, 1.82) is 0 Å². The van der Waals surface area contributed by atoms with Gasteiger partial charge < -0.3 is 11.1 Å². The summed E-state index contributed by atoms with van der Waals surface area (Å²) in [5.74, 6) is 5.59. The van der Waals surface area contributed by atoms with Crippen LogP contribution in [-0.4, -0.2) is 45.1 Å². The van der Waals surface area contributed by atoms with Crippen LogP contribution >= 0.6 is 0 Å². The Morgan fingerprint density at radius 1 is 1.07 bits per heavy atom. The summed E-state index contributed by atoms with van der Waals surface area (Å²) in [4.78, 5) is 21.5. The molecule has 0 atom stereocenters. The van der Waals surface area contributed by atoms with Crippen LogP contribution in [0.15, 0.2) is 42.7 Å². The molecule has 0 radical (unpaired) electrons. The van der Waals surface area contributed by atoms with Gasteiger partial charge in [-0.3, -0.25) is 4.79 Å². The third-order valence-electron chi connectivity index (χ3n) is 9.22. The van der Waals surface area contributed by atoms with Crippen LogP contribution < -0.4 is 11.1 Å². The molecular weight excluding hydrogens is 617 g/mol. The summed E-state index contributed by atoms with van der Waals surface area (Å²) in [6.07, 6.45) is 1.64. The predicted molar refractivity (Wildman–Crippen MR) is 169 cm³/mol. The molecule has 46 heavy (non-hydrogen) atoms. The smallest absolute Gasteiger partial charge is 0.383 e. The third kappa shape index (κ3) is 6.06. The monoisotopic (exact) mass is 650 g/mol. The third-order valence-corrected chi connectivity index (χ3v) is 11.4. The van der Waals surface area contributed by atoms with Crippen molar-refractivity contribution in [3.05, 3.63) is 76.2 Å². The minimum absolute atomic E-state index is 0.0861. The summed E-state index contributed by atoms with van der Waals surface area (Å²) in [6.45, 7) is 3.62. The fourth-order valence-electron chi connectivity index (χ4n) is 6.02. The Hall–Kier alpha value is -4.44. The minimum Gasteiger partial charge on any atom is -0.383 e. The van der Waals surface area contributed by atoms with Gasteiger partial charge in [0.1, 0.15) is 17.8 Å². The van der Waals surface area contributed by atoms with E-state index >= 15 is 0 Å². The normalized spacial score (nSPS) is 20.3. The molecule has 9 nitrogen and oxygen atoms in total. The number of fused-ring (bicyclic) bond motifs is 1. The van der Waals surface area contributed by atoms with Crippen LogP contribution in [0.4, 0.5) is 24.7 Å². The zero-order valence-corrected chi connectivity index (χ0v) is 26.4. The molecule has 0 saturated heterocycles. The molecule has 2 aromatic heterocycles. The van der Waals surface area contributed by atoms with Crippen molar-refractivity contribution < 1.29 is 26.4 Å². The molecule has 2 saturated carbocycles. The number of nitrogens with two attached hydrogens (primary N) is 1. The predicted octanol–water partition coefficient (Wildman–Crippen LogP) is 6.18. The molecule has 13 heteroatoms. The van der Waals surface area contributed by atoms with Crippen LogP contribution in [0.5, 0.6) is 0 Å². The van der Waals surface area contributed by atoms with Crippen LogP contribution in [0, 0.1) is 18.8 Å². The summed E-state index contributed by atoms with van der Waals surface area (Å²) >= 11 is 0. The molecule has 2 aromatic carbocycles. The average molecular weight is 651 g/mol. The summed E-state index contributed by atoms with van der Waals surface area (Å²) < 4.78 is 66.9. The van der Waals surface area contributed by atoms with Crippen LogP contribution in [0.2, 0.25) is 0 Å². The second-order valence-electron chi connectivity index (χ2n) is 12.5. The number of nitrogen functional groups attached to an aromatic ring is 1. The first-order chi connectivity index (χ1) is 21.6. The van der Waals surface area contributed by atoms with E-state index in [1.807, 2.05) is 6.92 Å². The van der Waals surface area contributed by atoms with Crippen molar-refractivity contribution in [3.8, 4) is 11.8 Å². The van der Waals surface area contributed by atoms with Crippen LogP contribution in [0.3, 0.4) is 0 Å². The van der Waals surface area contributed by atoms with Crippen molar-refractivity contribution in [1.82, 2.24) is 19.7 Å². The van der Waals surface area contributed by atoms with E-state index in [0.717, 1.165) is 11.6 Å². The van der Waals surface area contributed by atoms with Crippen molar-refractivity contribution >= 4 is 38.3 Å². The van der Waals surface area contributed by atoms with E-state index in [-0.39, 0.29) is 28.9 Å². The number of carbonyl (C=O) groups is 1. The second-order valence-corrected chi connectivity index (χ2v) is 15.0. The standard InChI is InChI=1S/C33H33F3N6O3S/c1-19-4-9-23(40-31(43)22-7-10-25(20-5-6-20)26(17-22)33(34,35)36)16-21(19)8-11-27-28-29(37)38-18-39-30(28)42(41-27)24-12-14-32(2,15-13-24)46(3,44)45/h4,7,9-10,16-18,20,24H,5-6,12-15H2,1-3H3,(H,40,43)(H2,37,38,39). The first kappa shape index (κ1) is 31.5. The fourth-order valence-corrected chi connectivity index (χ4v) is 7.00. The Morgan fingerprint density at radius 3 is 2.43 bits per heavy atom. The number of nitrogens with zero attached hydrogens (tertiary/aromatic N) is 4. The van der Waals surface area contributed by atoms with E-state index in [2.05, 4.69) is 27.1 Å². The van der Waals surface area contributed by atoms with E-state index < -0.39 is 32.2 Å². The van der Waals surface area contributed by atoms with Crippen molar-refractivity contribution in [2.45, 2.75) is 75.3 Å². The molecule has 0 bridgehead atoms. The number of hydrogen-bond acceptors (Lipinski definition) is 7. The average Bonchev–Trinajstić information content (AvgIpc) is 3.77. The second kappa shape index (κ2) is 11.4. The highest BCUT2D eigenvalue weighted by molar-refractivity contribution is 7.92. The molecule has 0 unspecified atom stereocenters. The summed E-state index contributed by atoms with van der Waals surface area (Å²) in [5.41, 5.74) is 8.21. The van der Waals surface area contributed by atoms with Gasteiger partial charge in [-0.15, -0.1) is 0 Å². The Labute approximate surface area is 264 Å². The number of rotatable bonds is 5. The zero-order valence-electron chi connectivity index (χ0n) is 25.6. The van der Waals surface area contributed by atoms with Gasteiger partial charge in [-0.25, -0.2) is 23.1 Å². The lowest BCUT2D eigenvalue weighted by Crippen LogP contribution is -2.39. The molecule has 3 N–H and O–H groups in total. The molecular formula is C33H33F3N6O3S. The lowest BCUT2D eigenvalue weighted by Gasteiger charge is -2.35. The number of amides is 1. The van der Waals surface area contributed by atoms with Gasteiger partial charge in [0.05, 0.1) is 21.7 Å². The number of anilines is 2. The number of carbonyl (C=O) groups excluding carboxylic acids is 1. The largest absolute Gasteiger partial charge is 0.416 e. The quantitative estimate of drug-likeness (QED) is 0.246. The number of aryl methyl sites for hydroxylation is 1. The molecule has 0 spiro atoms. The molecule has 240 valence electrons. The molecule has 2 aliphatic rings. The Kier molecular flexibility index (Phi) is 7.83. The van der Waals surface area contributed by atoms with E-state index in [1.54, 1.807) is 29.8 Å². The van der Waals surface area contributed by atoms with Gasteiger partial charge in [-0.1, -0.05) is 18.1 Å². The van der Waals surface area contributed by atoms with Crippen LogP contribution in [0.1, 0.15) is 95.7 Å². The number of aromatic nitrogens is 4. The van der Waals surface area contributed by atoms with Crippen molar-refractivity contribution in [2.24, 2.45) is 0 Å². The fraction of sp³-hybridized carbons (Fsp3) is 0.394. The SMILES string of the molecule is Cc1ccc(NC(=O)c2ccc(C3CC3)c(C(F)(F)F)c2)cc1C#Cc1nn(C2CCC(C)(S(C)(=O)=O)CC2)c2ncnc(N)c12. The lowest BCUT2D eigenvalue weighted by atomic mass is 9.86. The van der Waals surface area contributed by atoms with Gasteiger partial charge in [-0.2, -0.15) is 18.3 Å². The maximum Gasteiger partial charge on any atom is 0.416 e. The molecule has 6 rings (SSSR count). The summed E-state index contributed by atoms with van der Waals surface area (Å²) in [6, 6.07) is 8.71. The highest BCUT2D eigenvalue weighted by atomic mass is 32.2. The van der Waals surface area contributed by atoms with E-state index in [4.69, 9.17) is 10.8 Å². The topological polar surface area (TPSA) is 133 Å². The van der Waals surface area contributed by atoms with Crippen LogP contribution in [0.25, 0.3) is 11.0 Å². The van der Waals surface area contributed by atoms with Gasteiger partial charge in [0.2, 0.25) is 0 Å². The van der Waals surface area contributed by atoms with Crippen molar-refractivity contribution in [3.63, 3.8) is 0 Å². The molecule has 1 amide bonds. The van der Waals surface area contributed by atoms with E-state index in [0.29, 0.717) is 66.5 Å². The summed E-state index contributed by atoms with van der Waals surface area (Å²) in [5, 5.41) is 7.92. The number of sulfone groups is 1. The van der Waals surface area contributed by atoms with Gasteiger partial charge in [0.25, 0.3) is 5.91 Å². The van der Waals surface area contributed by atoms with E-state index in [1.165, 1.54) is 24.7 Å². The number of alkyl halides is 3. The molecule has 0 aliphatic heterocycles. The summed E-state index contributed by atoms with van der Waals surface area (Å²) in [7, 11) is -3.23. The van der Waals surface area contributed by atoms with Crippen LogP contribution in [-0.2, 0) is 16.0 Å². The number of benzene rings is 2. The first-order valence-electron chi connectivity index (χ1n) is 15.0. The lowest BCUT2D eigenvalue weighted by molar-refractivity contribution is -0.138. The minimum atomic E-state index is -4.56. The van der Waals surface area contributed by atoms with Crippen molar-refractivity contribution in [2.75, 3.05) is 17.3 Å². The number of nitrogens with one attached hydrogen (secondary N) is 1. The number of hydrogen-bond donors (Lipinski definition) is 2. The maximum atomic E-state index is 13.7. The zero-order chi connectivity index (χ0) is 33.0. The van der Waals surface area contributed by atoms with Gasteiger partial charge in [-0.05, 0) is 99.6 Å². The van der Waals surface area contributed by atoms with Gasteiger partial charge in [0, 0.05) is 23.1 Å². The molecule has 2 aliphatic carbocycles. The maximum absolute atomic E-state index is 13.7. The Morgan fingerprint density at radius 2 is 1.78 bits per heavy atom. The first-order valence-corrected chi connectivity index (χ1v) is 16.9. The highest BCUT2D eigenvalue weighted by Crippen LogP contribution is 2.46. The highest BCUT2D eigenvalue weighted by Gasteiger charge is 2.41. The molecule has 2 fully saturated rings. The van der Waals surface area contributed by atoms with E-state index in [9.17, 15) is 26.4 Å². The van der Waals surface area contributed by atoms with Gasteiger partial charge >= 0.3 is 6.18 Å². The molecule has 4 aromatic rings. The Bertz CT molecular complexity index is 2030. The van der Waals surface area contributed by atoms with Gasteiger partial charge in [0.15, 0.2) is 15.5 Å². The number of halogens is 3.